The molecule has 0 aliphatic rings. The SMILES string of the molecule is CC(C)NCCN(C)c1nccc(OC(C)C)n1. The smallest absolute Gasteiger partial charge is 0.228 e. The van der Waals surface area contributed by atoms with Crippen LogP contribution in [0, 0.1) is 0 Å². The minimum Gasteiger partial charge on any atom is -0.475 e. The first-order chi connectivity index (χ1) is 8.49. The fourth-order valence-electron chi connectivity index (χ4n) is 1.44. The maximum atomic E-state index is 5.55. The first-order valence-electron chi connectivity index (χ1n) is 6.43. The van der Waals surface area contributed by atoms with E-state index in [1.54, 1.807) is 12.3 Å². The average molecular weight is 252 g/mol. The van der Waals surface area contributed by atoms with E-state index >= 15 is 0 Å². The highest BCUT2D eigenvalue weighted by atomic mass is 16.5. The van der Waals surface area contributed by atoms with Gasteiger partial charge in [-0.05, 0) is 13.8 Å². The molecule has 1 heterocycles. The van der Waals surface area contributed by atoms with Crippen LogP contribution in [0.25, 0.3) is 0 Å². The minimum absolute atomic E-state index is 0.126. The van der Waals surface area contributed by atoms with Crippen LogP contribution in [0.15, 0.2) is 12.3 Å². The molecule has 0 amide bonds. The van der Waals surface area contributed by atoms with E-state index in [9.17, 15) is 0 Å². The quantitative estimate of drug-likeness (QED) is 0.800. The lowest BCUT2D eigenvalue weighted by molar-refractivity contribution is 0.232. The predicted octanol–water partition coefficient (Wildman–Crippen LogP) is 1.70. The molecule has 1 aromatic heterocycles. The summed E-state index contributed by atoms with van der Waals surface area (Å²) in [4.78, 5) is 10.6. The molecule has 0 atom stereocenters. The summed E-state index contributed by atoms with van der Waals surface area (Å²) >= 11 is 0. The van der Waals surface area contributed by atoms with E-state index in [1.165, 1.54) is 0 Å². The summed E-state index contributed by atoms with van der Waals surface area (Å²) in [5.74, 6) is 1.32. The van der Waals surface area contributed by atoms with Crippen LogP contribution in [0.1, 0.15) is 27.7 Å². The lowest BCUT2D eigenvalue weighted by Crippen LogP contribution is -2.33. The van der Waals surface area contributed by atoms with Gasteiger partial charge in [-0.2, -0.15) is 4.98 Å². The first-order valence-corrected chi connectivity index (χ1v) is 6.43. The summed E-state index contributed by atoms with van der Waals surface area (Å²) in [7, 11) is 1.98. The number of hydrogen-bond donors (Lipinski definition) is 1. The van der Waals surface area contributed by atoms with Crippen molar-refractivity contribution in [2.45, 2.75) is 39.8 Å². The largest absolute Gasteiger partial charge is 0.475 e. The molecule has 0 radical (unpaired) electrons. The number of rotatable bonds is 7. The second kappa shape index (κ2) is 7.16. The third-order valence-electron chi connectivity index (χ3n) is 2.31. The predicted molar refractivity (Wildman–Crippen MR) is 74.2 cm³/mol. The van der Waals surface area contributed by atoms with Gasteiger partial charge in [0.1, 0.15) is 0 Å². The van der Waals surface area contributed by atoms with Crippen molar-refractivity contribution < 1.29 is 4.74 Å². The van der Waals surface area contributed by atoms with Crippen LogP contribution in [-0.2, 0) is 0 Å². The standard InChI is InChI=1S/C13H24N4O/c1-10(2)14-8-9-17(5)13-15-7-6-12(16-13)18-11(3)4/h6-7,10-11,14H,8-9H2,1-5H3. The van der Waals surface area contributed by atoms with E-state index in [0.29, 0.717) is 17.9 Å². The van der Waals surface area contributed by atoms with Crippen molar-refractivity contribution in [3.05, 3.63) is 12.3 Å². The van der Waals surface area contributed by atoms with Crippen LogP contribution < -0.4 is 15.0 Å². The van der Waals surface area contributed by atoms with Crippen molar-refractivity contribution in [2.24, 2.45) is 0 Å². The Labute approximate surface area is 110 Å². The Morgan fingerprint density at radius 1 is 1.33 bits per heavy atom. The Kier molecular flexibility index (Phi) is 5.85. The van der Waals surface area contributed by atoms with Crippen molar-refractivity contribution in [2.75, 3.05) is 25.0 Å². The maximum absolute atomic E-state index is 5.55. The van der Waals surface area contributed by atoms with Gasteiger partial charge in [-0.25, -0.2) is 4.98 Å². The summed E-state index contributed by atoms with van der Waals surface area (Å²) in [5.41, 5.74) is 0. The molecule has 5 heteroatoms. The van der Waals surface area contributed by atoms with Crippen molar-refractivity contribution in [1.82, 2.24) is 15.3 Å². The lowest BCUT2D eigenvalue weighted by atomic mass is 10.4. The summed E-state index contributed by atoms with van der Waals surface area (Å²) in [6, 6.07) is 2.28. The average Bonchev–Trinajstić information content (AvgIpc) is 2.27. The molecular weight excluding hydrogens is 228 g/mol. The Morgan fingerprint density at radius 3 is 2.67 bits per heavy atom. The van der Waals surface area contributed by atoms with Gasteiger partial charge in [0, 0.05) is 38.4 Å². The second-order valence-electron chi connectivity index (χ2n) is 4.89. The van der Waals surface area contributed by atoms with E-state index in [1.807, 2.05) is 25.8 Å². The van der Waals surface area contributed by atoms with Gasteiger partial charge in [0.15, 0.2) is 0 Å². The van der Waals surface area contributed by atoms with Gasteiger partial charge in [0.2, 0.25) is 11.8 Å². The molecule has 0 aromatic carbocycles. The number of nitrogens with one attached hydrogen (secondary N) is 1. The van der Waals surface area contributed by atoms with Crippen LogP contribution in [0.5, 0.6) is 5.88 Å². The Balaban J connectivity index is 2.54. The van der Waals surface area contributed by atoms with Gasteiger partial charge < -0.3 is 15.0 Å². The molecule has 102 valence electrons. The zero-order chi connectivity index (χ0) is 13.5. The van der Waals surface area contributed by atoms with E-state index in [0.717, 1.165) is 13.1 Å². The molecule has 1 rings (SSSR count). The molecular formula is C13H24N4O. The summed E-state index contributed by atoms with van der Waals surface area (Å²) in [6.07, 6.45) is 1.85. The highest BCUT2D eigenvalue weighted by Gasteiger charge is 2.06. The van der Waals surface area contributed by atoms with Gasteiger partial charge in [-0.3, -0.25) is 0 Å². The molecule has 0 aliphatic carbocycles. The first kappa shape index (κ1) is 14.7. The topological polar surface area (TPSA) is 50.3 Å². The zero-order valence-electron chi connectivity index (χ0n) is 12.0. The third kappa shape index (κ3) is 5.31. The molecule has 1 N–H and O–H groups in total. The monoisotopic (exact) mass is 252 g/mol. The molecule has 0 fully saturated rings. The molecule has 0 aliphatic heterocycles. The van der Waals surface area contributed by atoms with E-state index in [2.05, 4.69) is 29.1 Å². The number of ether oxygens (including phenoxy) is 1. The van der Waals surface area contributed by atoms with Crippen molar-refractivity contribution in [3.63, 3.8) is 0 Å². The number of aromatic nitrogens is 2. The lowest BCUT2D eigenvalue weighted by Gasteiger charge is -2.19. The Morgan fingerprint density at radius 2 is 2.06 bits per heavy atom. The maximum Gasteiger partial charge on any atom is 0.228 e. The zero-order valence-corrected chi connectivity index (χ0v) is 12.0. The van der Waals surface area contributed by atoms with Crippen molar-refractivity contribution in [3.8, 4) is 5.88 Å². The number of nitrogens with zero attached hydrogens (tertiary/aromatic N) is 3. The fraction of sp³-hybridized carbons (Fsp3) is 0.692. The van der Waals surface area contributed by atoms with Gasteiger partial charge in [-0.1, -0.05) is 13.8 Å². The third-order valence-corrected chi connectivity index (χ3v) is 2.31. The van der Waals surface area contributed by atoms with Crippen LogP contribution in [0.4, 0.5) is 5.95 Å². The Bertz CT molecular complexity index is 355. The summed E-state index contributed by atoms with van der Waals surface area (Å²) in [5, 5.41) is 3.36. The van der Waals surface area contributed by atoms with Gasteiger partial charge in [-0.15, -0.1) is 0 Å². The van der Waals surface area contributed by atoms with Gasteiger partial charge in [0.25, 0.3) is 0 Å². The van der Waals surface area contributed by atoms with Crippen LogP contribution in [0.2, 0.25) is 0 Å². The number of likely N-dealkylation sites (N-methyl/N-ethyl adjacent to an activating group) is 1. The highest BCUT2D eigenvalue weighted by molar-refractivity contribution is 5.30. The summed E-state index contributed by atoms with van der Waals surface area (Å²) < 4.78 is 5.55. The van der Waals surface area contributed by atoms with Crippen LogP contribution in [0.3, 0.4) is 0 Å². The molecule has 0 saturated carbocycles. The number of hydrogen-bond acceptors (Lipinski definition) is 5. The van der Waals surface area contributed by atoms with E-state index in [-0.39, 0.29) is 6.10 Å². The van der Waals surface area contributed by atoms with Gasteiger partial charge >= 0.3 is 0 Å². The molecule has 1 aromatic rings. The molecule has 0 saturated heterocycles. The molecule has 0 spiro atoms. The fourth-order valence-corrected chi connectivity index (χ4v) is 1.44. The molecule has 5 nitrogen and oxygen atoms in total. The Hall–Kier alpha value is -1.36. The van der Waals surface area contributed by atoms with E-state index in [4.69, 9.17) is 4.74 Å². The van der Waals surface area contributed by atoms with Crippen LogP contribution >= 0.6 is 0 Å². The minimum atomic E-state index is 0.126. The number of anilines is 1. The molecule has 0 bridgehead atoms. The highest BCUT2D eigenvalue weighted by Crippen LogP contribution is 2.12. The van der Waals surface area contributed by atoms with Crippen LogP contribution in [-0.4, -0.2) is 42.3 Å². The summed E-state index contributed by atoms with van der Waals surface area (Å²) in [6.45, 7) is 10.0. The van der Waals surface area contributed by atoms with Crippen molar-refractivity contribution in [1.29, 1.82) is 0 Å². The van der Waals surface area contributed by atoms with Gasteiger partial charge in [0.05, 0.1) is 6.10 Å². The molecule has 18 heavy (non-hydrogen) atoms. The normalized spacial score (nSPS) is 11.1. The molecule has 0 unspecified atom stereocenters. The van der Waals surface area contributed by atoms with Crippen molar-refractivity contribution >= 4 is 5.95 Å². The second-order valence-corrected chi connectivity index (χ2v) is 4.89. The van der Waals surface area contributed by atoms with E-state index < -0.39 is 0 Å².